The van der Waals surface area contributed by atoms with Crippen LogP contribution in [0.1, 0.15) is 39.5 Å². The SMILES string of the molecule is CCC1(NC2=NC(C)CS2)CCC1. The number of aliphatic imine (C=N–C) groups is 1. The molecule has 0 aromatic carbocycles. The number of hydrogen-bond donors (Lipinski definition) is 1. The molecule has 13 heavy (non-hydrogen) atoms. The zero-order valence-corrected chi connectivity index (χ0v) is 9.28. The van der Waals surface area contributed by atoms with Crippen LogP contribution in [0.5, 0.6) is 0 Å². The molecule has 0 aromatic heterocycles. The van der Waals surface area contributed by atoms with Gasteiger partial charge in [-0.2, -0.15) is 0 Å². The summed E-state index contributed by atoms with van der Waals surface area (Å²) in [6.45, 7) is 4.46. The second kappa shape index (κ2) is 3.52. The third-order valence-corrected chi connectivity index (χ3v) is 4.29. The molecule has 0 bridgehead atoms. The maximum atomic E-state index is 4.57. The van der Waals surface area contributed by atoms with E-state index in [0.29, 0.717) is 11.6 Å². The van der Waals surface area contributed by atoms with E-state index >= 15 is 0 Å². The van der Waals surface area contributed by atoms with Crippen molar-refractivity contribution in [2.24, 2.45) is 4.99 Å². The minimum Gasteiger partial charge on any atom is -0.359 e. The Kier molecular flexibility index (Phi) is 2.54. The van der Waals surface area contributed by atoms with E-state index in [1.165, 1.54) is 30.9 Å². The van der Waals surface area contributed by atoms with Crippen molar-refractivity contribution in [3.05, 3.63) is 0 Å². The van der Waals surface area contributed by atoms with Crippen LogP contribution in [-0.2, 0) is 0 Å². The molecule has 0 amide bonds. The van der Waals surface area contributed by atoms with Crippen LogP contribution in [0.15, 0.2) is 4.99 Å². The molecule has 1 N–H and O–H groups in total. The van der Waals surface area contributed by atoms with Crippen molar-refractivity contribution in [1.82, 2.24) is 5.32 Å². The molecule has 1 unspecified atom stereocenters. The van der Waals surface area contributed by atoms with E-state index in [-0.39, 0.29) is 0 Å². The molecule has 3 heteroatoms. The van der Waals surface area contributed by atoms with Gasteiger partial charge in [0.2, 0.25) is 0 Å². The first-order valence-electron chi connectivity index (χ1n) is 5.23. The van der Waals surface area contributed by atoms with E-state index in [0.717, 1.165) is 5.75 Å². The van der Waals surface area contributed by atoms with Gasteiger partial charge in [0.05, 0.1) is 6.04 Å². The molecule has 2 rings (SSSR count). The summed E-state index contributed by atoms with van der Waals surface area (Å²) in [5.74, 6) is 1.15. The van der Waals surface area contributed by atoms with Gasteiger partial charge in [0.15, 0.2) is 5.17 Å². The van der Waals surface area contributed by atoms with Crippen molar-refractivity contribution in [2.45, 2.75) is 51.1 Å². The van der Waals surface area contributed by atoms with Gasteiger partial charge in [0.25, 0.3) is 0 Å². The Morgan fingerprint density at radius 2 is 2.38 bits per heavy atom. The van der Waals surface area contributed by atoms with Crippen LogP contribution in [0.3, 0.4) is 0 Å². The molecule has 1 saturated carbocycles. The summed E-state index contributed by atoms with van der Waals surface area (Å²) in [5.41, 5.74) is 0.413. The van der Waals surface area contributed by atoms with Crippen LogP contribution in [0, 0.1) is 0 Å². The van der Waals surface area contributed by atoms with Crippen molar-refractivity contribution in [1.29, 1.82) is 0 Å². The highest BCUT2D eigenvalue weighted by molar-refractivity contribution is 8.14. The summed E-state index contributed by atoms with van der Waals surface area (Å²) in [6.07, 6.45) is 5.28. The van der Waals surface area contributed by atoms with Crippen molar-refractivity contribution in [3.63, 3.8) is 0 Å². The Hall–Kier alpha value is -0.180. The fraction of sp³-hybridized carbons (Fsp3) is 0.900. The normalized spacial score (nSPS) is 30.9. The van der Waals surface area contributed by atoms with E-state index in [1.54, 1.807) is 0 Å². The molecule has 0 saturated heterocycles. The van der Waals surface area contributed by atoms with Crippen molar-refractivity contribution in [3.8, 4) is 0 Å². The number of amidine groups is 1. The van der Waals surface area contributed by atoms with Gasteiger partial charge >= 0.3 is 0 Å². The average molecular weight is 198 g/mol. The minimum atomic E-state index is 0.413. The molecule has 74 valence electrons. The molecule has 1 aliphatic carbocycles. The van der Waals surface area contributed by atoms with Crippen LogP contribution in [0.25, 0.3) is 0 Å². The quantitative estimate of drug-likeness (QED) is 0.737. The van der Waals surface area contributed by atoms with Crippen LogP contribution in [-0.4, -0.2) is 22.5 Å². The summed E-state index contributed by atoms with van der Waals surface area (Å²) in [5, 5.41) is 4.81. The predicted molar refractivity (Wildman–Crippen MR) is 59.4 cm³/mol. The largest absolute Gasteiger partial charge is 0.359 e. The Bertz CT molecular complexity index is 215. The Balaban J connectivity index is 1.93. The monoisotopic (exact) mass is 198 g/mol. The molecule has 1 aliphatic heterocycles. The van der Waals surface area contributed by atoms with Crippen molar-refractivity contribution < 1.29 is 0 Å². The van der Waals surface area contributed by atoms with Crippen molar-refractivity contribution in [2.75, 3.05) is 5.75 Å². The first-order valence-corrected chi connectivity index (χ1v) is 6.21. The van der Waals surface area contributed by atoms with Gasteiger partial charge < -0.3 is 5.32 Å². The topological polar surface area (TPSA) is 24.4 Å². The van der Waals surface area contributed by atoms with E-state index in [4.69, 9.17) is 0 Å². The highest BCUT2D eigenvalue weighted by atomic mass is 32.2. The summed E-state index contributed by atoms with van der Waals surface area (Å²) in [6, 6.07) is 0.515. The van der Waals surface area contributed by atoms with Gasteiger partial charge in [-0.25, -0.2) is 0 Å². The molecule has 2 aliphatic rings. The van der Waals surface area contributed by atoms with Crippen LogP contribution >= 0.6 is 11.8 Å². The number of nitrogens with zero attached hydrogens (tertiary/aromatic N) is 1. The maximum Gasteiger partial charge on any atom is 0.157 e. The Morgan fingerprint density at radius 1 is 1.62 bits per heavy atom. The van der Waals surface area contributed by atoms with Gasteiger partial charge in [-0.1, -0.05) is 18.7 Å². The average Bonchev–Trinajstić information content (AvgIpc) is 2.44. The Labute approximate surface area is 84.6 Å². The fourth-order valence-electron chi connectivity index (χ4n) is 1.94. The van der Waals surface area contributed by atoms with E-state index < -0.39 is 0 Å². The molecule has 0 aromatic rings. The third-order valence-electron chi connectivity index (χ3n) is 3.16. The van der Waals surface area contributed by atoms with Gasteiger partial charge in [-0.15, -0.1) is 0 Å². The molecular formula is C10H18N2S. The lowest BCUT2D eigenvalue weighted by Crippen LogP contribution is -2.52. The van der Waals surface area contributed by atoms with Gasteiger partial charge in [-0.3, -0.25) is 4.99 Å². The number of nitrogens with one attached hydrogen (secondary N) is 1. The smallest absolute Gasteiger partial charge is 0.157 e. The van der Waals surface area contributed by atoms with Crippen LogP contribution < -0.4 is 5.32 Å². The molecule has 0 spiro atoms. The lowest BCUT2D eigenvalue weighted by Gasteiger charge is -2.42. The number of hydrogen-bond acceptors (Lipinski definition) is 3. The predicted octanol–water partition coefficient (Wildman–Crippen LogP) is 2.40. The number of rotatable bonds is 2. The fourth-order valence-corrected chi connectivity index (χ4v) is 2.96. The minimum absolute atomic E-state index is 0.413. The summed E-state index contributed by atoms with van der Waals surface area (Å²) in [7, 11) is 0. The highest BCUT2D eigenvalue weighted by Gasteiger charge is 2.36. The van der Waals surface area contributed by atoms with E-state index in [9.17, 15) is 0 Å². The lowest BCUT2D eigenvalue weighted by atomic mass is 9.75. The van der Waals surface area contributed by atoms with Gasteiger partial charge in [0.1, 0.15) is 0 Å². The van der Waals surface area contributed by atoms with Gasteiger partial charge in [0, 0.05) is 11.3 Å². The summed E-state index contributed by atoms with van der Waals surface area (Å²) in [4.78, 5) is 4.57. The van der Waals surface area contributed by atoms with E-state index in [2.05, 4.69) is 24.2 Å². The van der Waals surface area contributed by atoms with Gasteiger partial charge in [-0.05, 0) is 32.6 Å². The van der Waals surface area contributed by atoms with Crippen molar-refractivity contribution >= 4 is 16.9 Å². The van der Waals surface area contributed by atoms with E-state index in [1.807, 2.05) is 11.8 Å². The first kappa shape index (κ1) is 9.38. The molecule has 2 nitrogen and oxygen atoms in total. The maximum absolute atomic E-state index is 4.57. The second-order valence-electron chi connectivity index (χ2n) is 4.21. The van der Waals surface area contributed by atoms with Crippen LogP contribution in [0.2, 0.25) is 0 Å². The highest BCUT2D eigenvalue weighted by Crippen LogP contribution is 2.35. The molecule has 1 fully saturated rings. The second-order valence-corrected chi connectivity index (χ2v) is 5.22. The zero-order valence-electron chi connectivity index (χ0n) is 8.47. The first-order chi connectivity index (χ1) is 6.24. The summed E-state index contributed by atoms with van der Waals surface area (Å²) < 4.78 is 0. The molecule has 1 heterocycles. The number of thioether (sulfide) groups is 1. The zero-order chi connectivity index (χ0) is 9.31. The molecular weight excluding hydrogens is 180 g/mol. The molecule has 1 atom stereocenters. The standard InChI is InChI=1S/C10H18N2S/c1-3-10(5-4-6-10)12-9-11-8(2)7-13-9/h8H,3-7H2,1-2H3,(H,11,12). The Morgan fingerprint density at radius 3 is 2.77 bits per heavy atom. The molecule has 0 radical (unpaired) electrons. The summed E-state index contributed by atoms with van der Waals surface area (Å²) >= 11 is 1.88. The third kappa shape index (κ3) is 1.85. The lowest BCUT2D eigenvalue weighted by molar-refractivity contribution is 0.211. The van der Waals surface area contributed by atoms with Crippen LogP contribution in [0.4, 0.5) is 0 Å².